The van der Waals surface area contributed by atoms with E-state index in [1.807, 2.05) is 0 Å². The molecule has 2 aromatic heterocycles. The van der Waals surface area contributed by atoms with Gasteiger partial charge >= 0.3 is 0 Å². The number of anilines is 1. The van der Waals surface area contributed by atoms with Crippen LogP contribution >= 0.6 is 0 Å². The van der Waals surface area contributed by atoms with Crippen LogP contribution in [0.15, 0.2) is 38.6 Å². The number of carbonyl (C=O) groups excluding carboxylic acids is 1. The Morgan fingerprint density at radius 1 is 1.39 bits per heavy atom. The van der Waals surface area contributed by atoms with Crippen molar-refractivity contribution >= 4 is 21.7 Å². The van der Waals surface area contributed by atoms with Crippen molar-refractivity contribution in [3.05, 3.63) is 40.5 Å². The Kier molecular flexibility index (Phi) is 4.66. The quantitative estimate of drug-likeness (QED) is 0.821. The third kappa shape index (κ3) is 3.85. The Morgan fingerprint density at radius 3 is 2.65 bits per heavy atom. The molecule has 0 radical (unpaired) electrons. The molecule has 0 saturated carbocycles. The number of hydrogen-bond acceptors (Lipinski definition) is 6. The van der Waals surface area contributed by atoms with Crippen LogP contribution < -0.4 is 10.9 Å². The molecule has 0 aliphatic heterocycles. The first-order chi connectivity index (χ1) is 10.7. The first-order valence-electron chi connectivity index (χ1n) is 6.56. The molecule has 2 heterocycles. The van der Waals surface area contributed by atoms with E-state index in [4.69, 9.17) is 4.52 Å². The van der Waals surface area contributed by atoms with E-state index in [1.165, 1.54) is 26.2 Å². The van der Waals surface area contributed by atoms with Gasteiger partial charge in [-0.1, -0.05) is 5.16 Å². The number of sulfonamides is 1. The zero-order valence-corrected chi connectivity index (χ0v) is 13.6. The van der Waals surface area contributed by atoms with E-state index in [-0.39, 0.29) is 17.3 Å². The average Bonchev–Trinajstić information content (AvgIpc) is 2.86. The maximum absolute atomic E-state index is 12.1. The highest BCUT2D eigenvalue weighted by atomic mass is 32.2. The molecule has 23 heavy (non-hydrogen) atoms. The molecule has 1 amide bonds. The van der Waals surface area contributed by atoms with Crippen molar-refractivity contribution in [2.24, 2.45) is 0 Å². The topological polar surface area (TPSA) is 115 Å². The normalized spacial score (nSPS) is 11.7. The molecular weight excluding hydrogens is 324 g/mol. The molecule has 0 atom stereocenters. The van der Waals surface area contributed by atoms with E-state index in [2.05, 4.69) is 10.5 Å². The summed E-state index contributed by atoms with van der Waals surface area (Å²) in [6.07, 6.45) is 1.13. The van der Waals surface area contributed by atoms with Crippen LogP contribution in [0.1, 0.15) is 5.76 Å². The summed E-state index contributed by atoms with van der Waals surface area (Å²) in [5, 5.41) is 6.06. The lowest BCUT2D eigenvalue weighted by molar-refractivity contribution is -0.116. The van der Waals surface area contributed by atoms with Crippen LogP contribution in [-0.4, -0.2) is 42.4 Å². The molecule has 124 valence electrons. The zero-order chi connectivity index (χ0) is 17.2. The monoisotopic (exact) mass is 340 g/mol. The molecule has 2 aromatic rings. The van der Waals surface area contributed by atoms with Gasteiger partial charge in [0, 0.05) is 32.4 Å². The third-order valence-corrected chi connectivity index (χ3v) is 4.74. The first-order valence-corrected chi connectivity index (χ1v) is 8.00. The van der Waals surface area contributed by atoms with Crippen molar-refractivity contribution in [3.63, 3.8) is 0 Å². The van der Waals surface area contributed by atoms with E-state index in [0.29, 0.717) is 5.76 Å². The van der Waals surface area contributed by atoms with Crippen molar-refractivity contribution in [2.75, 3.05) is 19.4 Å². The van der Waals surface area contributed by atoms with Gasteiger partial charge in [0.15, 0.2) is 5.82 Å². The Labute approximate surface area is 132 Å². The molecule has 0 unspecified atom stereocenters. The minimum atomic E-state index is -3.69. The van der Waals surface area contributed by atoms with Gasteiger partial charge in [-0.3, -0.25) is 9.59 Å². The van der Waals surface area contributed by atoms with Crippen LogP contribution in [0.4, 0.5) is 5.82 Å². The van der Waals surface area contributed by atoms with Gasteiger partial charge in [0.05, 0.1) is 4.90 Å². The Balaban J connectivity index is 2.23. The molecule has 9 nitrogen and oxygen atoms in total. The van der Waals surface area contributed by atoms with E-state index in [9.17, 15) is 18.0 Å². The molecule has 1 N–H and O–H groups in total. The lowest BCUT2D eigenvalue weighted by Gasteiger charge is -2.13. The Bertz CT molecular complexity index is 882. The second-order valence-corrected chi connectivity index (χ2v) is 7.14. The van der Waals surface area contributed by atoms with Crippen LogP contribution in [0.25, 0.3) is 0 Å². The van der Waals surface area contributed by atoms with Crippen molar-refractivity contribution in [1.29, 1.82) is 0 Å². The highest BCUT2D eigenvalue weighted by molar-refractivity contribution is 7.89. The first kappa shape index (κ1) is 16.9. The fourth-order valence-electron chi connectivity index (χ4n) is 1.76. The zero-order valence-electron chi connectivity index (χ0n) is 12.8. The predicted octanol–water partition coefficient (Wildman–Crippen LogP) is 0.0337. The minimum Gasteiger partial charge on any atom is -0.360 e. The molecular formula is C13H16N4O5S. The molecule has 0 bridgehead atoms. The van der Waals surface area contributed by atoms with Gasteiger partial charge in [-0.15, -0.1) is 0 Å². The predicted molar refractivity (Wildman–Crippen MR) is 81.4 cm³/mol. The van der Waals surface area contributed by atoms with Crippen LogP contribution in [0, 0.1) is 6.92 Å². The van der Waals surface area contributed by atoms with E-state index in [0.717, 1.165) is 21.1 Å². The number of nitrogens with one attached hydrogen (secondary N) is 1. The molecule has 10 heteroatoms. The molecule has 0 fully saturated rings. The maximum atomic E-state index is 12.1. The second-order valence-electron chi connectivity index (χ2n) is 4.99. The summed E-state index contributed by atoms with van der Waals surface area (Å²) in [4.78, 5) is 23.6. The van der Waals surface area contributed by atoms with E-state index >= 15 is 0 Å². The number of amides is 1. The number of carbonyl (C=O) groups is 1. The van der Waals surface area contributed by atoms with Crippen LogP contribution in [0.3, 0.4) is 0 Å². The van der Waals surface area contributed by atoms with Crippen molar-refractivity contribution in [3.8, 4) is 0 Å². The largest absolute Gasteiger partial charge is 0.360 e. The molecule has 0 aliphatic rings. The fraction of sp³-hybridized carbons (Fsp3) is 0.308. The van der Waals surface area contributed by atoms with Gasteiger partial charge in [0.25, 0.3) is 5.56 Å². The summed E-state index contributed by atoms with van der Waals surface area (Å²) in [5.74, 6) is 0.217. The Morgan fingerprint density at radius 2 is 2.09 bits per heavy atom. The van der Waals surface area contributed by atoms with Crippen molar-refractivity contribution in [1.82, 2.24) is 14.0 Å². The van der Waals surface area contributed by atoms with Crippen LogP contribution in [0.5, 0.6) is 0 Å². The fourth-order valence-corrected chi connectivity index (χ4v) is 2.68. The maximum Gasteiger partial charge on any atom is 0.251 e. The highest BCUT2D eigenvalue weighted by Crippen LogP contribution is 2.11. The van der Waals surface area contributed by atoms with Gasteiger partial charge in [-0.2, -0.15) is 0 Å². The standard InChI is InChI=1S/C13H16N4O5S/c1-9-6-11(15-22-9)14-12(18)8-17-7-10(4-5-13(17)19)23(20,21)16(2)3/h4-7H,8H2,1-3H3,(H,14,15,18). The van der Waals surface area contributed by atoms with Crippen molar-refractivity contribution in [2.45, 2.75) is 18.4 Å². The van der Waals surface area contributed by atoms with Gasteiger partial charge in [-0.25, -0.2) is 12.7 Å². The summed E-state index contributed by atoms with van der Waals surface area (Å²) in [7, 11) is -0.934. The summed E-state index contributed by atoms with van der Waals surface area (Å²) in [6.45, 7) is 1.32. The average molecular weight is 340 g/mol. The number of rotatable bonds is 5. The SMILES string of the molecule is Cc1cc(NC(=O)Cn2cc(S(=O)(=O)N(C)C)ccc2=O)no1. The Hall–Kier alpha value is -2.46. The number of pyridine rings is 1. The molecule has 0 aliphatic carbocycles. The van der Waals surface area contributed by atoms with Gasteiger partial charge in [-0.05, 0) is 13.0 Å². The minimum absolute atomic E-state index is 0.0767. The summed E-state index contributed by atoms with van der Waals surface area (Å²) in [6, 6.07) is 3.82. The lowest BCUT2D eigenvalue weighted by atomic mass is 10.4. The molecule has 2 rings (SSSR count). The lowest BCUT2D eigenvalue weighted by Crippen LogP contribution is -2.29. The smallest absolute Gasteiger partial charge is 0.251 e. The van der Waals surface area contributed by atoms with Crippen LogP contribution in [-0.2, 0) is 21.4 Å². The number of nitrogens with zero attached hydrogens (tertiary/aromatic N) is 3. The number of hydrogen-bond donors (Lipinski definition) is 1. The third-order valence-electron chi connectivity index (χ3n) is 2.94. The summed E-state index contributed by atoms with van der Waals surface area (Å²) in [5.41, 5.74) is -0.491. The second kappa shape index (κ2) is 6.34. The van der Waals surface area contributed by atoms with Gasteiger partial charge in [0.2, 0.25) is 15.9 Å². The molecule has 0 spiro atoms. The summed E-state index contributed by atoms with van der Waals surface area (Å²) < 4.78 is 31.0. The van der Waals surface area contributed by atoms with Crippen LogP contribution in [0.2, 0.25) is 0 Å². The van der Waals surface area contributed by atoms with E-state index in [1.54, 1.807) is 6.92 Å². The summed E-state index contributed by atoms with van der Waals surface area (Å²) >= 11 is 0. The number of aromatic nitrogens is 2. The molecule has 0 saturated heterocycles. The van der Waals surface area contributed by atoms with Gasteiger partial charge < -0.3 is 14.4 Å². The van der Waals surface area contributed by atoms with E-state index < -0.39 is 21.5 Å². The molecule has 0 aromatic carbocycles. The number of aryl methyl sites for hydroxylation is 1. The highest BCUT2D eigenvalue weighted by Gasteiger charge is 2.18. The van der Waals surface area contributed by atoms with Gasteiger partial charge in [0.1, 0.15) is 12.3 Å². The van der Waals surface area contributed by atoms with Crippen molar-refractivity contribution < 1.29 is 17.7 Å².